The van der Waals surface area contributed by atoms with E-state index in [0.717, 1.165) is 22.6 Å². The Morgan fingerprint density at radius 3 is 2.78 bits per heavy atom. The third kappa shape index (κ3) is 3.78. The zero-order chi connectivity index (χ0) is 16.2. The summed E-state index contributed by atoms with van der Waals surface area (Å²) < 4.78 is 5.22. The van der Waals surface area contributed by atoms with Crippen molar-refractivity contribution in [1.82, 2.24) is 9.97 Å². The SMILES string of the molecule is COc1cccc(CNc2ncc(-c3ccc(Cl)c(Cl)c3)[nH]2)c1. The first kappa shape index (κ1) is 15.7. The van der Waals surface area contributed by atoms with Gasteiger partial charge in [-0.1, -0.05) is 41.4 Å². The molecule has 6 heteroatoms. The van der Waals surface area contributed by atoms with Crippen LogP contribution in [0.4, 0.5) is 5.95 Å². The van der Waals surface area contributed by atoms with Gasteiger partial charge in [-0.3, -0.25) is 0 Å². The molecular weight excluding hydrogens is 333 g/mol. The summed E-state index contributed by atoms with van der Waals surface area (Å²) in [6.45, 7) is 0.644. The van der Waals surface area contributed by atoms with E-state index in [1.54, 1.807) is 19.4 Å². The van der Waals surface area contributed by atoms with Crippen molar-refractivity contribution in [3.05, 3.63) is 64.3 Å². The third-order valence-electron chi connectivity index (χ3n) is 3.40. The average molecular weight is 348 g/mol. The second-order valence-corrected chi connectivity index (χ2v) is 5.79. The van der Waals surface area contributed by atoms with Gasteiger partial charge in [0.05, 0.1) is 29.0 Å². The smallest absolute Gasteiger partial charge is 0.200 e. The lowest BCUT2D eigenvalue weighted by molar-refractivity contribution is 0.414. The van der Waals surface area contributed by atoms with Gasteiger partial charge >= 0.3 is 0 Å². The Labute approximate surface area is 144 Å². The Balaban J connectivity index is 1.70. The fraction of sp³-hybridized carbons (Fsp3) is 0.118. The van der Waals surface area contributed by atoms with Gasteiger partial charge < -0.3 is 15.0 Å². The molecule has 1 aromatic heterocycles. The normalized spacial score (nSPS) is 10.6. The summed E-state index contributed by atoms with van der Waals surface area (Å²) in [6, 6.07) is 13.4. The zero-order valence-corrected chi connectivity index (χ0v) is 13.9. The van der Waals surface area contributed by atoms with E-state index < -0.39 is 0 Å². The van der Waals surface area contributed by atoms with Gasteiger partial charge in [0, 0.05) is 12.1 Å². The third-order valence-corrected chi connectivity index (χ3v) is 4.14. The summed E-state index contributed by atoms with van der Waals surface area (Å²) in [4.78, 5) is 7.55. The van der Waals surface area contributed by atoms with Crippen molar-refractivity contribution in [3.63, 3.8) is 0 Å². The number of rotatable bonds is 5. The molecule has 0 spiro atoms. The van der Waals surface area contributed by atoms with Crippen LogP contribution < -0.4 is 10.1 Å². The van der Waals surface area contributed by atoms with Crippen LogP contribution in [-0.4, -0.2) is 17.1 Å². The highest BCUT2D eigenvalue weighted by Gasteiger charge is 2.06. The number of nitrogens with one attached hydrogen (secondary N) is 2. The number of methoxy groups -OCH3 is 1. The Morgan fingerprint density at radius 2 is 2.00 bits per heavy atom. The second-order valence-electron chi connectivity index (χ2n) is 4.98. The maximum atomic E-state index is 6.05. The molecule has 0 aliphatic carbocycles. The molecule has 23 heavy (non-hydrogen) atoms. The lowest BCUT2D eigenvalue weighted by Crippen LogP contribution is -2.01. The summed E-state index contributed by atoms with van der Waals surface area (Å²) in [6.07, 6.45) is 1.76. The number of H-pyrrole nitrogens is 1. The summed E-state index contributed by atoms with van der Waals surface area (Å²) in [5.41, 5.74) is 2.91. The van der Waals surface area contributed by atoms with Gasteiger partial charge in [-0.05, 0) is 29.8 Å². The lowest BCUT2D eigenvalue weighted by atomic mass is 10.2. The molecule has 0 saturated heterocycles. The van der Waals surface area contributed by atoms with Gasteiger partial charge in [0.1, 0.15) is 5.75 Å². The number of halogens is 2. The van der Waals surface area contributed by atoms with Gasteiger partial charge in [0.25, 0.3) is 0 Å². The van der Waals surface area contributed by atoms with Crippen LogP contribution in [0, 0.1) is 0 Å². The summed E-state index contributed by atoms with van der Waals surface area (Å²) in [7, 11) is 1.66. The van der Waals surface area contributed by atoms with E-state index in [1.807, 2.05) is 36.4 Å². The van der Waals surface area contributed by atoms with E-state index in [4.69, 9.17) is 27.9 Å². The molecule has 2 N–H and O–H groups in total. The molecule has 2 aromatic carbocycles. The standard InChI is InChI=1S/C17H15Cl2N3O/c1-23-13-4-2-3-11(7-13)9-20-17-21-10-16(22-17)12-5-6-14(18)15(19)8-12/h2-8,10H,9H2,1H3,(H2,20,21,22). The molecule has 1 heterocycles. The highest BCUT2D eigenvalue weighted by atomic mass is 35.5. The van der Waals surface area contributed by atoms with Crippen LogP contribution in [0.15, 0.2) is 48.7 Å². The van der Waals surface area contributed by atoms with Crippen molar-refractivity contribution >= 4 is 29.2 Å². The fourth-order valence-corrected chi connectivity index (χ4v) is 2.49. The predicted molar refractivity (Wildman–Crippen MR) is 94.4 cm³/mol. The van der Waals surface area contributed by atoms with Crippen LogP contribution >= 0.6 is 23.2 Å². The van der Waals surface area contributed by atoms with Crippen LogP contribution in [0.3, 0.4) is 0 Å². The van der Waals surface area contributed by atoms with Crippen LogP contribution in [0.2, 0.25) is 10.0 Å². The first-order valence-corrected chi connectivity index (χ1v) is 7.78. The Kier molecular flexibility index (Phi) is 4.74. The molecule has 3 aromatic rings. The van der Waals surface area contributed by atoms with Crippen molar-refractivity contribution in [2.45, 2.75) is 6.54 Å². The monoisotopic (exact) mass is 347 g/mol. The number of benzene rings is 2. The van der Waals surface area contributed by atoms with Gasteiger partial charge in [0.2, 0.25) is 5.95 Å². The van der Waals surface area contributed by atoms with E-state index in [9.17, 15) is 0 Å². The highest BCUT2D eigenvalue weighted by Crippen LogP contribution is 2.28. The van der Waals surface area contributed by atoms with Crippen molar-refractivity contribution in [3.8, 4) is 17.0 Å². The molecule has 4 nitrogen and oxygen atoms in total. The number of ether oxygens (including phenoxy) is 1. The first-order valence-electron chi connectivity index (χ1n) is 7.03. The number of hydrogen-bond acceptors (Lipinski definition) is 3. The maximum Gasteiger partial charge on any atom is 0.200 e. The molecule has 0 radical (unpaired) electrons. The van der Waals surface area contributed by atoms with Crippen LogP contribution in [0.5, 0.6) is 5.75 Å². The van der Waals surface area contributed by atoms with Crippen LogP contribution in [-0.2, 0) is 6.54 Å². The number of aromatic nitrogens is 2. The van der Waals surface area contributed by atoms with E-state index in [1.165, 1.54) is 0 Å². The number of hydrogen-bond donors (Lipinski definition) is 2. The van der Waals surface area contributed by atoms with Gasteiger partial charge in [-0.2, -0.15) is 0 Å². The number of anilines is 1. The predicted octanol–water partition coefficient (Wildman–Crippen LogP) is 5.00. The summed E-state index contributed by atoms with van der Waals surface area (Å²) in [5, 5.41) is 4.30. The van der Waals surface area contributed by atoms with Crippen LogP contribution in [0.25, 0.3) is 11.3 Å². The van der Waals surface area contributed by atoms with E-state index in [0.29, 0.717) is 22.5 Å². The minimum Gasteiger partial charge on any atom is -0.497 e. The van der Waals surface area contributed by atoms with Crippen molar-refractivity contribution < 1.29 is 4.74 Å². The number of nitrogens with zero attached hydrogens (tertiary/aromatic N) is 1. The quantitative estimate of drug-likeness (QED) is 0.682. The Morgan fingerprint density at radius 1 is 1.13 bits per heavy atom. The second kappa shape index (κ2) is 6.94. The first-order chi connectivity index (χ1) is 11.2. The molecule has 0 atom stereocenters. The number of aromatic amines is 1. The van der Waals surface area contributed by atoms with E-state index >= 15 is 0 Å². The van der Waals surface area contributed by atoms with E-state index in [2.05, 4.69) is 15.3 Å². The average Bonchev–Trinajstić information content (AvgIpc) is 3.05. The molecule has 0 unspecified atom stereocenters. The van der Waals surface area contributed by atoms with Crippen LogP contribution in [0.1, 0.15) is 5.56 Å². The molecule has 0 aliphatic rings. The minimum atomic E-state index is 0.518. The van der Waals surface area contributed by atoms with Gasteiger partial charge in [-0.15, -0.1) is 0 Å². The minimum absolute atomic E-state index is 0.518. The largest absolute Gasteiger partial charge is 0.497 e. The van der Waals surface area contributed by atoms with Gasteiger partial charge in [0.15, 0.2) is 0 Å². The summed E-state index contributed by atoms with van der Waals surface area (Å²) in [5.74, 6) is 1.52. The van der Waals surface area contributed by atoms with Crippen molar-refractivity contribution in [2.24, 2.45) is 0 Å². The molecule has 0 saturated carbocycles. The van der Waals surface area contributed by atoms with Gasteiger partial charge in [-0.25, -0.2) is 4.98 Å². The lowest BCUT2D eigenvalue weighted by Gasteiger charge is -2.05. The molecule has 118 valence electrons. The highest BCUT2D eigenvalue weighted by molar-refractivity contribution is 6.42. The maximum absolute atomic E-state index is 6.05. The zero-order valence-electron chi connectivity index (χ0n) is 12.4. The van der Waals surface area contributed by atoms with Crippen molar-refractivity contribution in [1.29, 1.82) is 0 Å². The Hall–Kier alpha value is -2.17. The number of imidazole rings is 1. The van der Waals surface area contributed by atoms with E-state index in [-0.39, 0.29) is 0 Å². The molecule has 3 rings (SSSR count). The molecule has 0 aliphatic heterocycles. The molecule has 0 amide bonds. The summed E-state index contributed by atoms with van der Waals surface area (Å²) >= 11 is 12.0. The molecule has 0 bridgehead atoms. The Bertz CT molecular complexity index is 817. The topological polar surface area (TPSA) is 49.9 Å². The fourth-order valence-electron chi connectivity index (χ4n) is 2.19. The molecule has 0 fully saturated rings. The molecular formula is C17H15Cl2N3O. The van der Waals surface area contributed by atoms with Crippen molar-refractivity contribution in [2.75, 3.05) is 12.4 Å².